The predicted molar refractivity (Wildman–Crippen MR) is 116 cm³/mol. The minimum absolute atomic E-state index is 0.171. The van der Waals surface area contributed by atoms with Gasteiger partial charge in [0.15, 0.2) is 0 Å². The summed E-state index contributed by atoms with van der Waals surface area (Å²) in [5.41, 5.74) is 1.55. The molecule has 8 heteroatoms. The molecule has 0 radical (unpaired) electrons. The molecular formula is C22H23N3O4S. The van der Waals surface area contributed by atoms with Gasteiger partial charge in [0.1, 0.15) is 17.2 Å². The number of hydrogen-bond acceptors (Lipinski definition) is 6. The number of thiophene rings is 1. The summed E-state index contributed by atoms with van der Waals surface area (Å²) in [5, 5.41) is 3.39. The molecule has 0 unspecified atom stereocenters. The van der Waals surface area contributed by atoms with Crippen molar-refractivity contribution in [3.8, 4) is 0 Å². The van der Waals surface area contributed by atoms with Gasteiger partial charge in [0, 0.05) is 4.88 Å². The van der Waals surface area contributed by atoms with E-state index in [4.69, 9.17) is 4.74 Å². The monoisotopic (exact) mass is 425 g/mol. The molecule has 0 atom stereocenters. The predicted octanol–water partition coefficient (Wildman–Crippen LogP) is 3.46. The Bertz CT molecular complexity index is 1200. The van der Waals surface area contributed by atoms with Crippen LogP contribution in [0.5, 0.6) is 0 Å². The number of carbonyl (C=O) groups excluding carboxylic acids is 2. The fourth-order valence-electron chi connectivity index (χ4n) is 3.84. The third-order valence-corrected chi connectivity index (χ3v) is 6.45. The minimum Gasteiger partial charge on any atom is -0.462 e. The first-order valence-electron chi connectivity index (χ1n) is 10.1. The van der Waals surface area contributed by atoms with Crippen LogP contribution in [0.4, 0.5) is 5.69 Å². The van der Waals surface area contributed by atoms with Crippen LogP contribution >= 0.6 is 11.3 Å². The molecule has 4 rings (SSSR count). The number of ether oxygens (including phenoxy) is 1. The highest BCUT2D eigenvalue weighted by Gasteiger charge is 2.22. The van der Waals surface area contributed by atoms with E-state index in [-0.39, 0.29) is 24.3 Å². The number of nitrogens with zero attached hydrogens (tertiary/aromatic N) is 2. The van der Waals surface area contributed by atoms with Crippen LogP contribution in [0.1, 0.15) is 46.4 Å². The zero-order valence-electron chi connectivity index (χ0n) is 17.0. The molecule has 7 nitrogen and oxygen atoms in total. The van der Waals surface area contributed by atoms with Crippen LogP contribution < -0.4 is 10.9 Å². The zero-order chi connectivity index (χ0) is 21.3. The molecule has 2 heterocycles. The Balaban J connectivity index is 1.63. The van der Waals surface area contributed by atoms with Gasteiger partial charge in [-0.1, -0.05) is 12.1 Å². The average molecular weight is 426 g/mol. The molecule has 0 aliphatic heterocycles. The fraction of sp³-hybridized carbons (Fsp3) is 0.364. The van der Waals surface area contributed by atoms with Crippen LogP contribution in [0.15, 0.2) is 29.1 Å². The molecular weight excluding hydrogens is 402 g/mol. The van der Waals surface area contributed by atoms with Crippen molar-refractivity contribution >= 4 is 39.1 Å². The normalized spacial score (nSPS) is 13.1. The molecule has 30 heavy (non-hydrogen) atoms. The summed E-state index contributed by atoms with van der Waals surface area (Å²) in [5.74, 6) is -0.406. The van der Waals surface area contributed by atoms with Crippen molar-refractivity contribution < 1.29 is 14.3 Å². The number of fused-ring (bicyclic) bond motifs is 3. The lowest BCUT2D eigenvalue weighted by Gasteiger charge is -2.13. The zero-order valence-corrected chi connectivity index (χ0v) is 17.8. The maximum Gasteiger partial charge on any atom is 0.340 e. The lowest BCUT2D eigenvalue weighted by molar-refractivity contribution is -0.116. The lowest BCUT2D eigenvalue weighted by Crippen LogP contribution is -2.30. The van der Waals surface area contributed by atoms with E-state index in [9.17, 15) is 14.4 Å². The quantitative estimate of drug-likeness (QED) is 0.632. The number of carbonyl (C=O) groups is 2. The Morgan fingerprint density at radius 3 is 2.80 bits per heavy atom. The molecule has 156 valence electrons. The molecule has 1 aromatic carbocycles. The van der Waals surface area contributed by atoms with Crippen molar-refractivity contribution in [3.05, 3.63) is 56.4 Å². The highest BCUT2D eigenvalue weighted by atomic mass is 32.1. The van der Waals surface area contributed by atoms with Gasteiger partial charge in [-0.3, -0.25) is 14.2 Å². The van der Waals surface area contributed by atoms with E-state index < -0.39 is 11.9 Å². The molecule has 0 saturated heterocycles. The van der Waals surface area contributed by atoms with Gasteiger partial charge >= 0.3 is 5.97 Å². The molecule has 0 fully saturated rings. The number of esters is 1. The summed E-state index contributed by atoms with van der Waals surface area (Å²) in [4.78, 5) is 44.7. The Kier molecular flexibility index (Phi) is 5.67. The third kappa shape index (κ3) is 3.75. The number of amides is 1. The molecule has 1 N–H and O–H groups in total. The molecule has 0 saturated carbocycles. The van der Waals surface area contributed by atoms with Gasteiger partial charge < -0.3 is 10.1 Å². The molecule has 1 amide bonds. The number of anilines is 1. The number of hydrogen-bond donors (Lipinski definition) is 1. The van der Waals surface area contributed by atoms with Gasteiger partial charge in [-0.25, -0.2) is 9.78 Å². The first-order valence-corrected chi connectivity index (χ1v) is 10.9. The van der Waals surface area contributed by atoms with Gasteiger partial charge in [-0.05, 0) is 57.2 Å². The second-order valence-corrected chi connectivity index (χ2v) is 8.34. The molecule has 0 bridgehead atoms. The first-order chi connectivity index (χ1) is 14.5. The molecule has 1 aliphatic carbocycles. The van der Waals surface area contributed by atoms with E-state index in [2.05, 4.69) is 10.3 Å². The first kappa shape index (κ1) is 20.3. The van der Waals surface area contributed by atoms with Gasteiger partial charge in [0.05, 0.1) is 23.2 Å². The Morgan fingerprint density at radius 2 is 2.00 bits per heavy atom. The van der Waals surface area contributed by atoms with Crippen molar-refractivity contribution in [3.63, 3.8) is 0 Å². The summed E-state index contributed by atoms with van der Waals surface area (Å²) in [6.45, 7) is 3.53. The van der Waals surface area contributed by atoms with E-state index in [1.807, 2.05) is 0 Å². The third-order valence-electron chi connectivity index (χ3n) is 5.26. The summed E-state index contributed by atoms with van der Waals surface area (Å²) in [6.07, 6.45) is 4.07. The number of para-hydroxylation sites is 1. The van der Waals surface area contributed by atoms with Crippen LogP contribution in [-0.4, -0.2) is 28.0 Å². The smallest absolute Gasteiger partial charge is 0.340 e. The maximum absolute atomic E-state index is 13.2. The Labute approximate surface area is 177 Å². The second-order valence-electron chi connectivity index (χ2n) is 7.26. The summed E-state index contributed by atoms with van der Waals surface area (Å²) < 4.78 is 6.45. The molecule has 3 aromatic rings. The van der Waals surface area contributed by atoms with E-state index in [0.717, 1.165) is 36.1 Å². The van der Waals surface area contributed by atoms with Gasteiger partial charge in [0.25, 0.3) is 5.56 Å². The standard InChI is InChI=1S/C22H23N3O4S/c1-3-29-22(28)14-8-4-6-10-16(14)24-18(26)12-25-13(2)23-20-19(21(25)27)15-9-5-7-11-17(15)30-20/h4,6,8,10H,3,5,7,9,11-12H2,1-2H3,(H,24,26). The van der Waals surface area contributed by atoms with Gasteiger partial charge in [-0.15, -0.1) is 11.3 Å². The molecule has 2 aromatic heterocycles. The minimum atomic E-state index is -0.505. The topological polar surface area (TPSA) is 90.3 Å². The largest absolute Gasteiger partial charge is 0.462 e. The van der Waals surface area contributed by atoms with Crippen molar-refractivity contribution in [1.29, 1.82) is 0 Å². The number of aromatic nitrogens is 2. The number of nitrogens with one attached hydrogen (secondary N) is 1. The summed E-state index contributed by atoms with van der Waals surface area (Å²) >= 11 is 1.59. The van der Waals surface area contributed by atoms with E-state index >= 15 is 0 Å². The van der Waals surface area contributed by atoms with Crippen LogP contribution in [0.25, 0.3) is 10.2 Å². The number of benzene rings is 1. The second kappa shape index (κ2) is 8.39. The number of aryl methyl sites for hydroxylation is 3. The summed E-state index contributed by atoms with van der Waals surface area (Å²) in [7, 11) is 0. The van der Waals surface area contributed by atoms with Crippen molar-refractivity contribution in [1.82, 2.24) is 9.55 Å². The molecule has 0 spiro atoms. The fourth-order valence-corrected chi connectivity index (χ4v) is 5.14. The summed E-state index contributed by atoms with van der Waals surface area (Å²) in [6, 6.07) is 6.65. The van der Waals surface area contributed by atoms with E-state index in [0.29, 0.717) is 16.9 Å². The van der Waals surface area contributed by atoms with Crippen molar-refractivity contribution in [2.75, 3.05) is 11.9 Å². The Morgan fingerprint density at radius 1 is 1.23 bits per heavy atom. The average Bonchev–Trinajstić information content (AvgIpc) is 3.09. The lowest BCUT2D eigenvalue weighted by atomic mass is 9.97. The Hall–Kier alpha value is -3.00. The van der Waals surface area contributed by atoms with E-state index in [1.54, 1.807) is 49.4 Å². The van der Waals surface area contributed by atoms with Gasteiger partial charge in [0.2, 0.25) is 5.91 Å². The highest BCUT2D eigenvalue weighted by molar-refractivity contribution is 7.18. The van der Waals surface area contributed by atoms with E-state index in [1.165, 1.54) is 9.44 Å². The maximum atomic E-state index is 13.2. The van der Waals surface area contributed by atoms with Crippen LogP contribution in [0.2, 0.25) is 0 Å². The highest BCUT2D eigenvalue weighted by Crippen LogP contribution is 2.33. The van der Waals surface area contributed by atoms with Crippen LogP contribution in [-0.2, 0) is 28.9 Å². The van der Waals surface area contributed by atoms with Crippen LogP contribution in [0.3, 0.4) is 0 Å². The SMILES string of the molecule is CCOC(=O)c1ccccc1NC(=O)Cn1c(C)nc2sc3c(c2c1=O)CCCC3. The van der Waals surface area contributed by atoms with Crippen molar-refractivity contribution in [2.45, 2.75) is 46.1 Å². The molecule has 1 aliphatic rings. The number of rotatable bonds is 5. The van der Waals surface area contributed by atoms with Gasteiger partial charge in [-0.2, -0.15) is 0 Å². The van der Waals surface area contributed by atoms with Crippen LogP contribution in [0, 0.1) is 6.92 Å². The van der Waals surface area contributed by atoms with Crippen molar-refractivity contribution in [2.24, 2.45) is 0 Å².